The van der Waals surface area contributed by atoms with Crippen LogP contribution in [0.25, 0.3) is 0 Å². The summed E-state index contributed by atoms with van der Waals surface area (Å²) in [6.07, 6.45) is 0. The topological polar surface area (TPSA) is 83.4 Å². The SMILES string of the molecule is COc1ccc(Nc2ccccc2C(=O)Nc2ccc(OCC#N)cc2)cc1. The number of anilines is 3. The second-order valence-corrected chi connectivity index (χ2v) is 5.82. The van der Waals surface area contributed by atoms with Crippen molar-refractivity contribution in [2.24, 2.45) is 0 Å². The molecule has 0 heterocycles. The summed E-state index contributed by atoms with van der Waals surface area (Å²) < 4.78 is 10.4. The smallest absolute Gasteiger partial charge is 0.257 e. The summed E-state index contributed by atoms with van der Waals surface area (Å²) in [5.74, 6) is 1.10. The summed E-state index contributed by atoms with van der Waals surface area (Å²) in [5, 5.41) is 14.7. The van der Waals surface area contributed by atoms with E-state index in [9.17, 15) is 4.79 Å². The predicted molar refractivity (Wildman–Crippen MR) is 108 cm³/mol. The third-order valence-electron chi connectivity index (χ3n) is 3.96. The molecule has 0 fully saturated rings. The highest BCUT2D eigenvalue weighted by molar-refractivity contribution is 6.08. The van der Waals surface area contributed by atoms with Gasteiger partial charge in [-0.1, -0.05) is 12.1 Å². The van der Waals surface area contributed by atoms with Crippen LogP contribution in [0.15, 0.2) is 72.8 Å². The van der Waals surface area contributed by atoms with Crippen LogP contribution in [0.1, 0.15) is 10.4 Å². The van der Waals surface area contributed by atoms with Crippen molar-refractivity contribution in [1.29, 1.82) is 5.26 Å². The van der Waals surface area contributed by atoms with Crippen LogP contribution in [0.2, 0.25) is 0 Å². The van der Waals surface area contributed by atoms with Crippen LogP contribution in [0, 0.1) is 11.3 Å². The molecule has 0 aliphatic heterocycles. The lowest BCUT2D eigenvalue weighted by Crippen LogP contribution is -2.13. The van der Waals surface area contributed by atoms with Gasteiger partial charge in [-0.3, -0.25) is 4.79 Å². The number of para-hydroxylation sites is 1. The first kappa shape index (κ1) is 18.8. The Labute approximate surface area is 163 Å². The number of nitrogens with one attached hydrogen (secondary N) is 2. The molecule has 0 aromatic heterocycles. The molecule has 140 valence electrons. The van der Waals surface area contributed by atoms with Crippen molar-refractivity contribution in [2.45, 2.75) is 0 Å². The second-order valence-electron chi connectivity index (χ2n) is 5.82. The number of hydrogen-bond acceptors (Lipinski definition) is 5. The molecular formula is C22H19N3O3. The Morgan fingerprint density at radius 2 is 1.57 bits per heavy atom. The molecule has 0 bridgehead atoms. The zero-order chi connectivity index (χ0) is 19.8. The first-order valence-corrected chi connectivity index (χ1v) is 8.61. The van der Waals surface area contributed by atoms with Crippen molar-refractivity contribution in [2.75, 3.05) is 24.4 Å². The molecule has 0 unspecified atom stereocenters. The maximum Gasteiger partial charge on any atom is 0.257 e. The van der Waals surface area contributed by atoms with Crippen LogP contribution in [-0.4, -0.2) is 19.6 Å². The first-order chi connectivity index (χ1) is 13.7. The summed E-state index contributed by atoms with van der Waals surface area (Å²) in [7, 11) is 1.62. The molecule has 1 amide bonds. The lowest BCUT2D eigenvalue weighted by molar-refractivity contribution is 0.102. The Morgan fingerprint density at radius 1 is 0.929 bits per heavy atom. The molecule has 6 nitrogen and oxygen atoms in total. The molecular weight excluding hydrogens is 354 g/mol. The van der Waals surface area contributed by atoms with Crippen molar-refractivity contribution in [1.82, 2.24) is 0 Å². The predicted octanol–water partition coefficient (Wildman–Crippen LogP) is 4.59. The number of benzene rings is 3. The highest BCUT2D eigenvalue weighted by Gasteiger charge is 2.11. The van der Waals surface area contributed by atoms with E-state index in [0.717, 1.165) is 11.4 Å². The van der Waals surface area contributed by atoms with Crippen LogP contribution in [0.4, 0.5) is 17.1 Å². The number of nitriles is 1. The molecule has 0 spiro atoms. The third-order valence-corrected chi connectivity index (χ3v) is 3.96. The van der Waals surface area contributed by atoms with E-state index in [2.05, 4.69) is 10.6 Å². The minimum atomic E-state index is -0.234. The van der Waals surface area contributed by atoms with Gasteiger partial charge in [-0.25, -0.2) is 0 Å². The van der Waals surface area contributed by atoms with Crippen LogP contribution in [-0.2, 0) is 0 Å². The van der Waals surface area contributed by atoms with Crippen molar-refractivity contribution in [3.05, 3.63) is 78.4 Å². The Hall–Kier alpha value is -3.98. The minimum absolute atomic E-state index is 0.0177. The number of ether oxygens (including phenoxy) is 2. The Morgan fingerprint density at radius 3 is 2.25 bits per heavy atom. The number of amides is 1. The van der Waals surface area contributed by atoms with Gasteiger partial charge in [0.05, 0.1) is 18.4 Å². The van der Waals surface area contributed by atoms with E-state index in [1.54, 1.807) is 37.4 Å². The number of nitrogens with zero attached hydrogens (tertiary/aromatic N) is 1. The first-order valence-electron chi connectivity index (χ1n) is 8.61. The standard InChI is InChI=1S/C22H19N3O3/c1-27-18-10-6-16(7-11-18)24-21-5-3-2-4-20(21)22(26)25-17-8-12-19(13-9-17)28-15-14-23/h2-13,24H,15H2,1H3,(H,25,26). The van der Waals surface area contributed by atoms with E-state index >= 15 is 0 Å². The van der Waals surface area contributed by atoms with E-state index in [1.807, 2.05) is 48.5 Å². The fraction of sp³-hybridized carbons (Fsp3) is 0.0909. The molecule has 0 atom stereocenters. The van der Waals surface area contributed by atoms with Gasteiger partial charge in [-0.2, -0.15) is 5.26 Å². The Kier molecular flexibility index (Phi) is 6.11. The number of carbonyl (C=O) groups is 1. The van der Waals surface area contributed by atoms with Crippen molar-refractivity contribution in [3.8, 4) is 17.6 Å². The van der Waals surface area contributed by atoms with Gasteiger partial charge in [-0.15, -0.1) is 0 Å². The van der Waals surface area contributed by atoms with Crippen molar-refractivity contribution >= 4 is 23.0 Å². The molecule has 0 saturated heterocycles. The summed E-state index contributed by atoms with van der Waals surface area (Å²) in [6, 6.07) is 23.5. The van der Waals surface area contributed by atoms with Gasteiger partial charge in [0.15, 0.2) is 6.61 Å². The molecule has 28 heavy (non-hydrogen) atoms. The van der Waals surface area contributed by atoms with E-state index in [-0.39, 0.29) is 12.5 Å². The molecule has 6 heteroatoms. The summed E-state index contributed by atoms with van der Waals surface area (Å²) >= 11 is 0. The van der Waals surface area contributed by atoms with Crippen molar-refractivity contribution in [3.63, 3.8) is 0 Å². The van der Waals surface area contributed by atoms with Crippen molar-refractivity contribution < 1.29 is 14.3 Å². The molecule has 3 aromatic carbocycles. The number of rotatable bonds is 7. The average Bonchev–Trinajstić information content (AvgIpc) is 2.74. The van der Waals surface area contributed by atoms with Crippen LogP contribution >= 0.6 is 0 Å². The number of carbonyl (C=O) groups excluding carboxylic acids is 1. The third kappa shape index (κ3) is 4.80. The largest absolute Gasteiger partial charge is 0.497 e. The van der Waals surface area contributed by atoms with Gasteiger partial charge in [0.2, 0.25) is 0 Å². The van der Waals surface area contributed by atoms with E-state index in [1.165, 1.54) is 0 Å². The second kappa shape index (κ2) is 9.10. The Balaban J connectivity index is 1.72. The normalized spacial score (nSPS) is 9.86. The monoisotopic (exact) mass is 373 g/mol. The fourth-order valence-electron chi connectivity index (χ4n) is 2.57. The molecule has 0 radical (unpaired) electrons. The van der Waals surface area contributed by atoms with E-state index < -0.39 is 0 Å². The highest BCUT2D eigenvalue weighted by atomic mass is 16.5. The van der Waals surface area contributed by atoms with Crippen LogP contribution in [0.3, 0.4) is 0 Å². The lowest BCUT2D eigenvalue weighted by atomic mass is 10.1. The van der Waals surface area contributed by atoms with Gasteiger partial charge in [0.1, 0.15) is 17.6 Å². The zero-order valence-corrected chi connectivity index (χ0v) is 15.3. The average molecular weight is 373 g/mol. The van der Waals surface area contributed by atoms with Gasteiger partial charge >= 0.3 is 0 Å². The molecule has 0 aliphatic rings. The molecule has 0 saturated carbocycles. The van der Waals surface area contributed by atoms with Gasteiger partial charge < -0.3 is 20.1 Å². The van der Waals surface area contributed by atoms with Gasteiger partial charge in [0, 0.05) is 11.4 Å². The molecule has 0 aliphatic carbocycles. The lowest BCUT2D eigenvalue weighted by Gasteiger charge is -2.13. The number of hydrogen-bond donors (Lipinski definition) is 2. The minimum Gasteiger partial charge on any atom is -0.497 e. The maximum absolute atomic E-state index is 12.7. The number of methoxy groups -OCH3 is 1. The Bertz CT molecular complexity index is 977. The van der Waals surface area contributed by atoms with Gasteiger partial charge in [0.25, 0.3) is 5.91 Å². The quantitative estimate of drug-likeness (QED) is 0.633. The van der Waals surface area contributed by atoms with E-state index in [0.29, 0.717) is 22.7 Å². The highest BCUT2D eigenvalue weighted by Crippen LogP contribution is 2.24. The maximum atomic E-state index is 12.7. The van der Waals surface area contributed by atoms with E-state index in [4.69, 9.17) is 14.7 Å². The molecule has 3 aromatic rings. The summed E-state index contributed by atoms with van der Waals surface area (Å²) in [5.41, 5.74) is 2.69. The fourth-order valence-corrected chi connectivity index (χ4v) is 2.57. The molecule has 3 rings (SSSR count). The summed E-state index contributed by atoms with van der Waals surface area (Å²) in [6.45, 7) is -0.0177. The van der Waals surface area contributed by atoms with Crippen LogP contribution < -0.4 is 20.1 Å². The summed E-state index contributed by atoms with van der Waals surface area (Å²) in [4.78, 5) is 12.7. The molecule has 2 N–H and O–H groups in total. The van der Waals surface area contributed by atoms with Gasteiger partial charge in [-0.05, 0) is 60.7 Å². The van der Waals surface area contributed by atoms with Crippen LogP contribution in [0.5, 0.6) is 11.5 Å². The zero-order valence-electron chi connectivity index (χ0n) is 15.3.